The van der Waals surface area contributed by atoms with E-state index in [0.717, 1.165) is 28.5 Å². The Hall–Kier alpha value is -2.83. The van der Waals surface area contributed by atoms with E-state index in [4.69, 9.17) is 26.1 Å². The van der Waals surface area contributed by atoms with Crippen LogP contribution in [0.2, 0.25) is 5.02 Å². The minimum Gasteiger partial charge on any atom is -0.491 e. The number of nitrogens with zero attached hydrogens (tertiary/aromatic N) is 4. The summed E-state index contributed by atoms with van der Waals surface area (Å²) in [7, 11) is -0.959. The van der Waals surface area contributed by atoms with Crippen LogP contribution in [0.4, 0.5) is 0 Å². The van der Waals surface area contributed by atoms with E-state index in [2.05, 4.69) is 32.1 Å². The maximum Gasteiger partial charge on any atom is 0.269 e. The number of benzene rings is 1. The van der Waals surface area contributed by atoms with Gasteiger partial charge in [-0.15, -0.1) is 0 Å². The van der Waals surface area contributed by atoms with Crippen molar-refractivity contribution in [2.75, 3.05) is 18.6 Å². The summed E-state index contributed by atoms with van der Waals surface area (Å²) < 4.78 is 43.4. The van der Waals surface area contributed by atoms with Crippen molar-refractivity contribution < 1.29 is 17.9 Å². The molecule has 0 aliphatic rings. The van der Waals surface area contributed by atoms with Crippen LogP contribution in [-0.4, -0.2) is 45.6 Å². The predicted molar refractivity (Wildman–Crippen MR) is 154 cm³/mol. The first-order valence-electron chi connectivity index (χ1n) is 11.5. The number of hydrogen-bond acceptors (Lipinski definition) is 6. The summed E-state index contributed by atoms with van der Waals surface area (Å²) in [6.45, 7) is 2.63. The molecule has 1 aromatic carbocycles. The lowest BCUT2D eigenvalue weighted by atomic mass is 10.2. The number of methoxy groups -OCH3 is 2. The van der Waals surface area contributed by atoms with Gasteiger partial charge in [0.2, 0.25) is 0 Å². The predicted octanol–water partition coefficient (Wildman–Crippen LogP) is 6.09. The van der Waals surface area contributed by atoms with E-state index in [-0.39, 0.29) is 10.5 Å². The van der Waals surface area contributed by atoms with Crippen LogP contribution in [0, 0.1) is 6.92 Å². The molecule has 0 amide bonds. The lowest BCUT2D eigenvalue weighted by Gasteiger charge is -2.12. The van der Waals surface area contributed by atoms with Gasteiger partial charge in [-0.3, -0.25) is 0 Å². The topological polar surface area (TPSA) is 88.2 Å². The zero-order valence-corrected chi connectivity index (χ0v) is 24.1. The van der Waals surface area contributed by atoms with E-state index in [0.29, 0.717) is 38.8 Å². The number of hydrogen-bond donors (Lipinski definition) is 0. The van der Waals surface area contributed by atoms with Gasteiger partial charge in [0.05, 0.1) is 35.3 Å². The summed E-state index contributed by atoms with van der Waals surface area (Å²) in [5, 5.41) is 0.938. The lowest BCUT2D eigenvalue weighted by molar-refractivity contribution is 0.344. The second kappa shape index (κ2) is 10.1. The van der Waals surface area contributed by atoms with Gasteiger partial charge in [0.1, 0.15) is 5.52 Å². The molecule has 8 nitrogen and oxygen atoms in total. The minimum atomic E-state index is -4.04. The largest absolute Gasteiger partial charge is 0.491 e. The van der Waals surface area contributed by atoms with Crippen LogP contribution in [0.5, 0.6) is 11.6 Å². The van der Waals surface area contributed by atoms with Gasteiger partial charge < -0.3 is 14.0 Å². The molecule has 0 radical (unpaired) electrons. The second-order valence-electron chi connectivity index (χ2n) is 8.49. The van der Waals surface area contributed by atoms with Crippen molar-refractivity contribution in [3.63, 3.8) is 0 Å². The minimum absolute atomic E-state index is 0.152. The number of aromatic nitrogens is 4. The highest BCUT2D eigenvalue weighted by atomic mass is 127. The second-order valence-corrected chi connectivity index (χ2v) is 11.8. The molecular weight excluding hydrogens is 627 g/mol. The number of rotatable bonds is 8. The Labute approximate surface area is 233 Å². The Balaban J connectivity index is 1.87. The van der Waals surface area contributed by atoms with Crippen molar-refractivity contribution in [2.24, 2.45) is 0 Å². The summed E-state index contributed by atoms with van der Waals surface area (Å²) in [4.78, 5) is 9.31. The molecule has 0 atom stereocenters. The highest BCUT2D eigenvalue weighted by molar-refractivity contribution is 14.1. The molecule has 0 spiro atoms. The van der Waals surface area contributed by atoms with Crippen molar-refractivity contribution >= 4 is 66.3 Å². The number of aryl methyl sites for hydroxylation is 2. The van der Waals surface area contributed by atoms with Gasteiger partial charge >= 0.3 is 0 Å². The molecule has 0 bridgehead atoms. The van der Waals surface area contributed by atoms with Gasteiger partial charge in [0.15, 0.2) is 11.4 Å². The zero-order chi connectivity index (χ0) is 26.3. The summed E-state index contributed by atoms with van der Waals surface area (Å²) in [5.41, 5.74) is 3.63. The Bertz CT molecular complexity index is 1730. The molecule has 192 valence electrons. The average molecular weight is 651 g/mol. The Morgan fingerprint density at radius 2 is 1.84 bits per heavy atom. The maximum atomic E-state index is 14.1. The van der Waals surface area contributed by atoms with Crippen LogP contribution in [0.3, 0.4) is 0 Å². The van der Waals surface area contributed by atoms with Crippen molar-refractivity contribution in [3.05, 3.63) is 65.4 Å². The van der Waals surface area contributed by atoms with Crippen LogP contribution in [0.1, 0.15) is 12.0 Å². The van der Waals surface area contributed by atoms with E-state index in [1.54, 1.807) is 43.5 Å². The Morgan fingerprint density at radius 3 is 2.51 bits per heavy atom. The molecule has 0 saturated carbocycles. The molecule has 0 fully saturated rings. The standard InChI is InChI=1S/C26H24ClIN4O4S/c1-16-5-7-17(8-6-16)37(33,34)32-21(13-18-20(27)9-11-29-25(18)32)19-15-31(12-4-10-28)22-14-23(35-2)26(36-3)30-24(19)22/h5-9,11,13-15H,4,10,12H2,1-3H3. The molecule has 5 rings (SSSR count). The third-order valence-electron chi connectivity index (χ3n) is 6.17. The molecule has 0 aliphatic heterocycles. The first kappa shape index (κ1) is 25.8. The van der Waals surface area contributed by atoms with Crippen LogP contribution >= 0.6 is 34.2 Å². The highest BCUT2D eigenvalue weighted by Crippen LogP contribution is 2.40. The number of alkyl halides is 1. The van der Waals surface area contributed by atoms with E-state index < -0.39 is 10.0 Å². The van der Waals surface area contributed by atoms with Gasteiger partial charge in [-0.25, -0.2) is 22.4 Å². The summed E-state index contributed by atoms with van der Waals surface area (Å²) in [6, 6.07) is 12.0. The quantitative estimate of drug-likeness (QED) is 0.149. The first-order chi connectivity index (χ1) is 17.8. The van der Waals surface area contributed by atoms with Gasteiger partial charge in [0, 0.05) is 40.4 Å². The van der Waals surface area contributed by atoms with E-state index in [9.17, 15) is 8.42 Å². The van der Waals surface area contributed by atoms with Gasteiger partial charge in [-0.05, 0) is 37.6 Å². The third-order valence-corrected chi connectivity index (χ3v) is 8.98. The SMILES string of the molecule is COc1cc2c(nc1OC)c(-c1cc3c(Cl)ccnc3n1S(=O)(=O)c1ccc(C)cc1)cn2CCCI. The molecule has 0 saturated heterocycles. The molecule has 0 unspecified atom stereocenters. The van der Waals surface area contributed by atoms with Crippen molar-refractivity contribution in [2.45, 2.75) is 24.8 Å². The fourth-order valence-corrected chi connectivity index (χ4v) is 6.37. The average Bonchev–Trinajstić information content (AvgIpc) is 3.46. The van der Waals surface area contributed by atoms with Crippen molar-refractivity contribution in [1.82, 2.24) is 18.5 Å². The van der Waals surface area contributed by atoms with Crippen LogP contribution < -0.4 is 9.47 Å². The smallest absolute Gasteiger partial charge is 0.269 e. The normalized spacial score (nSPS) is 11.9. The summed E-state index contributed by atoms with van der Waals surface area (Å²) in [6.07, 6.45) is 4.35. The van der Waals surface area contributed by atoms with E-state index >= 15 is 0 Å². The first-order valence-corrected chi connectivity index (χ1v) is 14.8. The molecule has 4 heterocycles. The molecule has 0 N–H and O–H groups in total. The monoisotopic (exact) mass is 650 g/mol. The van der Waals surface area contributed by atoms with Crippen LogP contribution in [0.25, 0.3) is 33.3 Å². The zero-order valence-electron chi connectivity index (χ0n) is 20.4. The Morgan fingerprint density at radius 1 is 1.08 bits per heavy atom. The van der Waals surface area contributed by atoms with E-state index in [1.165, 1.54) is 17.3 Å². The number of fused-ring (bicyclic) bond motifs is 2. The fourth-order valence-electron chi connectivity index (χ4n) is 4.36. The molecule has 11 heteroatoms. The molecule has 37 heavy (non-hydrogen) atoms. The van der Waals surface area contributed by atoms with Crippen molar-refractivity contribution in [3.8, 4) is 22.9 Å². The Kier molecular flexibility index (Phi) is 7.08. The molecule has 4 aromatic heterocycles. The number of halogens is 2. The van der Waals surface area contributed by atoms with Crippen molar-refractivity contribution in [1.29, 1.82) is 0 Å². The highest BCUT2D eigenvalue weighted by Gasteiger charge is 2.28. The van der Waals surface area contributed by atoms with Gasteiger partial charge in [-0.2, -0.15) is 0 Å². The summed E-state index contributed by atoms with van der Waals surface area (Å²) >= 11 is 8.86. The molecule has 0 aliphatic carbocycles. The number of ether oxygens (including phenoxy) is 2. The van der Waals surface area contributed by atoms with Crippen LogP contribution in [-0.2, 0) is 16.6 Å². The number of pyridine rings is 2. The van der Waals surface area contributed by atoms with Gasteiger partial charge in [0.25, 0.3) is 15.9 Å². The summed E-state index contributed by atoms with van der Waals surface area (Å²) in [5.74, 6) is 0.802. The van der Waals surface area contributed by atoms with Crippen LogP contribution in [0.15, 0.2) is 59.8 Å². The lowest BCUT2D eigenvalue weighted by Crippen LogP contribution is -2.14. The molecule has 5 aromatic rings. The van der Waals surface area contributed by atoms with E-state index in [1.807, 2.05) is 19.2 Å². The molecular formula is C26H24ClIN4O4S. The fraction of sp³-hybridized carbons (Fsp3) is 0.231. The van der Waals surface area contributed by atoms with Gasteiger partial charge in [-0.1, -0.05) is 51.9 Å². The maximum absolute atomic E-state index is 14.1. The third kappa shape index (κ3) is 4.44.